The summed E-state index contributed by atoms with van der Waals surface area (Å²) >= 11 is 0. The SMILES string of the molecule is COCCc1ocnc1CNCC(C)C. The summed E-state index contributed by atoms with van der Waals surface area (Å²) in [5, 5.41) is 3.34. The van der Waals surface area contributed by atoms with Crippen LogP contribution in [0.25, 0.3) is 0 Å². The summed E-state index contributed by atoms with van der Waals surface area (Å²) in [6.45, 7) is 6.81. The van der Waals surface area contributed by atoms with Crippen molar-refractivity contribution in [3.8, 4) is 0 Å². The molecule has 86 valence electrons. The highest BCUT2D eigenvalue weighted by Crippen LogP contribution is 2.07. The van der Waals surface area contributed by atoms with Crippen molar-refractivity contribution < 1.29 is 9.15 Å². The molecule has 0 bridgehead atoms. The van der Waals surface area contributed by atoms with Gasteiger partial charge in [-0.25, -0.2) is 4.98 Å². The summed E-state index contributed by atoms with van der Waals surface area (Å²) < 4.78 is 10.3. The molecule has 0 unspecified atom stereocenters. The number of nitrogens with one attached hydrogen (secondary N) is 1. The second kappa shape index (κ2) is 6.58. The van der Waals surface area contributed by atoms with Gasteiger partial charge in [-0.2, -0.15) is 0 Å². The average molecular weight is 212 g/mol. The first kappa shape index (κ1) is 12.2. The van der Waals surface area contributed by atoms with Crippen LogP contribution < -0.4 is 5.32 Å². The third kappa shape index (κ3) is 4.44. The highest BCUT2D eigenvalue weighted by molar-refractivity contribution is 5.07. The molecule has 0 aromatic carbocycles. The van der Waals surface area contributed by atoms with Crippen LogP contribution in [0.3, 0.4) is 0 Å². The summed E-state index contributed by atoms with van der Waals surface area (Å²) in [5.74, 6) is 1.58. The van der Waals surface area contributed by atoms with Crippen LogP contribution in [0, 0.1) is 5.92 Å². The molecule has 1 heterocycles. The van der Waals surface area contributed by atoms with Crippen molar-refractivity contribution >= 4 is 0 Å². The Balaban J connectivity index is 2.35. The van der Waals surface area contributed by atoms with Crippen molar-refractivity contribution in [2.24, 2.45) is 5.92 Å². The van der Waals surface area contributed by atoms with Crippen molar-refractivity contribution in [3.05, 3.63) is 17.8 Å². The molecule has 15 heavy (non-hydrogen) atoms. The van der Waals surface area contributed by atoms with E-state index in [0.717, 1.165) is 31.0 Å². The molecule has 4 nitrogen and oxygen atoms in total. The van der Waals surface area contributed by atoms with Crippen molar-refractivity contribution in [2.45, 2.75) is 26.8 Å². The Morgan fingerprint density at radius 3 is 3.00 bits per heavy atom. The number of nitrogens with zero attached hydrogens (tertiary/aromatic N) is 1. The van der Waals surface area contributed by atoms with Crippen LogP contribution in [0.5, 0.6) is 0 Å². The van der Waals surface area contributed by atoms with Gasteiger partial charge in [0.25, 0.3) is 0 Å². The first-order valence-corrected chi connectivity index (χ1v) is 5.35. The van der Waals surface area contributed by atoms with E-state index in [1.54, 1.807) is 7.11 Å². The van der Waals surface area contributed by atoms with Crippen LogP contribution in [-0.2, 0) is 17.7 Å². The smallest absolute Gasteiger partial charge is 0.181 e. The maximum absolute atomic E-state index is 5.29. The topological polar surface area (TPSA) is 47.3 Å². The van der Waals surface area contributed by atoms with E-state index in [-0.39, 0.29) is 0 Å². The average Bonchev–Trinajstić information content (AvgIpc) is 2.62. The van der Waals surface area contributed by atoms with Crippen molar-refractivity contribution in [1.82, 2.24) is 10.3 Å². The second-order valence-electron chi connectivity index (χ2n) is 3.99. The van der Waals surface area contributed by atoms with Crippen LogP contribution in [0.1, 0.15) is 25.3 Å². The minimum atomic E-state index is 0.652. The molecule has 0 aliphatic carbocycles. The minimum absolute atomic E-state index is 0.652. The fourth-order valence-electron chi connectivity index (χ4n) is 1.32. The van der Waals surface area contributed by atoms with Gasteiger partial charge in [0.15, 0.2) is 6.39 Å². The zero-order valence-corrected chi connectivity index (χ0v) is 9.75. The van der Waals surface area contributed by atoms with Crippen LogP contribution >= 0.6 is 0 Å². The van der Waals surface area contributed by atoms with E-state index in [1.807, 2.05) is 0 Å². The Labute approximate surface area is 91.0 Å². The van der Waals surface area contributed by atoms with Gasteiger partial charge in [-0.15, -0.1) is 0 Å². The lowest BCUT2D eigenvalue weighted by atomic mass is 10.2. The number of hydrogen-bond acceptors (Lipinski definition) is 4. The molecule has 0 saturated carbocycles. The molecule has 1 aromatic rings. The summed E-state index contributed by atoms with van der Waals surface area (Å²) in [5.41, 5.74) is 0.993. The number of oxazole rings is 1. The van der Waals surface area contributed by atoms with Gasteiger partial charge in [0, 0.05) is 20.1 Å². The van der Waals surface area contributed by atoms with Crippen LogP contribution in [0.15, 0.2) is 10.8 Å². The van der Waals surface area contributed by atoms with Crippen molar-refractivity contribution in [3.63, 3.8) is 0 Å². The van der Waals surface area contributed by atoms with Gasteiger partial charge in [-0.3, -0.25) is 0 Å². The van der Waals surface area contributed by atoms with Gasteiger partial charge in [-0.1, -0.05) is 13.8 Å². The number of methoxy groups -OCH3 is 1. The van der Waals surface area contributed by atoms with E-state index < -0.39 is 0 Å². The number of hydrogen-bond donors (Lipinski definition) is 1. The highest BCUT2D eigenvalue weighted by atomic mass is 16.5. The third-order valence-corrected chi connectivity index (χ3v) is 2.10. The molecule has 4 heteroatoms. The Bertz CT molecular complexity index is 271. The largest absolute Gasteiger partial charge is 0.448 e. The maximum atomic E-state index is 5.29. The summed E-state index contributed by atoms with van der Waals surface area (Å²) in [7, 11) is 1.69. The van der Waals surface area contributed by atoms with E-state index in [1.165, 1.54) is 6.39 Å². The first-order chi connectivity index (χ1) is 7.24. The van der Waals surface area contributed by atoms with Gasteiger partial charge in [0.2, 0.25) is 0 Å². The summed E-state index contributed by atoms with van der Waals surface area (Å²) in [4.78, 5) is 4.18. The minimum Gasteiger partial charge on any atom is -0.448 e. The molecule has 0 amide bonds. The zero-order valence-electron chi connectivity index (χ0n) is 9.75. The summed E-state index contributed by atoms with van der Waals surface area (Å²) in [6, 6.07) is 0. The molecule has 0 spiro atoms. The predicted octanol–water partition coefficient (Wildman–Crippen LogP) is 1.61. The molecule has 1 N–H and O–H groups in total. The second-order valence-corrected chi connectivity index (χ2v) is 3.99. The first-order valence-electron chi connectivity index (χ1n) is 5.35. The molecule has 0 fully saturated rings. The Morgan fingerprint density at radius 2 is 2.33 bits per heavy atom. The Hall–Kier alpha value is -0.870. The predicted molar refractivity (Wildman–Crippen MR) is 58.6 cm³/mol. The zero-order chi connectivity index (χ0) is 11.1. The van der Waals surface area contributed by atoms with Crippen LogP contribution in [0.4, 0.5) is 0 Å². The van der Waals surface area contributed by atoms with Gasteiger partial charge >= 0.3 is 0 Å². The Morgan fingerprint density at radius 1 is 1.53 bits per heavy atom. The molecule has 0 radical (unpaired) electrons. The third-order valence-electron chi connectivity index (χ3n) is 2.10. The van der Waals surface area contributed by atoms with Crippen molar-refractivity contribution in [1.29, 1.82) is 0 Å². The molecule has 1 aromatic heterocycles. The van der Waals surface area contributed by atoms with E-state index in [4.69, 9.17) is 9.15 Å². The molecule has 0 aliphatic rings. The summed E-state index contributed by atoms with van der Waals surface area (Å²) in [6.07, 6.45) is 2.28. The monoisotopic (exact) mass is 212 g/mol. The van der Waals surface area contributed by atoms with Gasteiger partial charge < -0.3 is 14.5 Å². The fraction of sp³-hybridized carbons (Fsp3) is 0.727. The lowest BCUT2D eigenvalue weighted by Gasteiger charge is -2.06. The number of rotatable bonds is 7. The standard InChI is InChI=1S/C11H20N2O2/c1-9(2)6-12-7-10-11(4-5-14-3)15-8-13-10/h8-9,12H,4-7H2,1-3H3. The number of aromatic nitrogens is 1. The number of ether oxygens (including phenoxy) is 1. The molecule has 0 saturated heterocycles. The normalized spacial score (nSPS) is 11.2. The lowest BCUT2D eigenvalue weighted by molar-refractivity contribution is 0.196. The Kier molecular flexibility index (Phi) is 5.36. The molecular weight excluding hydrogens is 192 g/mol. The lowest BCUT2D eigenvalue weighted by Crippen LogP contribution is -2.20. The van der Waals surface area contributed by atoms with Gasteiger partial charge in [0.1, 0.15) is 5.76 Å². The van der Waals surface area contributed by atoms with E-state index in [0.29, 0.717) is 12.5 Å². The van der Waals surface area contributed by atoms with Crippen LogP contribution in [0.2, 0.25) is 0 Å². The maximum Gasteiger partial charge on any atom is 0.181 e. The van der Waals surface area contributed by atoms with Crippen molar-refractivity contribution in [2.75, 3.05) is 20.3 Å². The van der Waals surface area contributed by atoms with Crippen LogP contribution in [-0.4, -0.2) is 25.2 Å². The van der Waals surface area contributed by atoms with E-state index in [2.05, 4.69) is 24.1 Å². The molecule has 0 atom stereocenters. The van der Waals surface area contributed by atoms with E-state index in [9.17, 15) is 0 Å². The van der Waals surface area contributed by atoms with Gasteiger partial charge in [-0.05, 0) is 12.5 Å². The fourth-order valence-corrected chi connectivity index (χ4v) is 1.32. The van der Waals surface area contributed by atoms with E-state index >= 15 is 0 Å². The molecule has 1 rings (SSSR count). The molecular formula is C11H20N2O2. The van der Waals surface area contributed by atoms with Gasteiger partial charge in [0.05, 0.1) is 12.3 Å². The molecule has 0 aliphatic heterocycles. The highest BCUT2D eigenvalue weighted by Gasteiger charge is 2.07. The quantitative estimate of drug-likeness (QED) is 0.746.